The van der Waals surface area contributed by atoms with Crippen LogP contribution in [0.2, 0.25) is 0 Å². The van der Waals surface area contributed by atoms with Crippen LogP contribution in [0.4, 0.5) is 11.5 Å². The number of hydrogen-bond acceptors (Lipinski definition) is 7. The van der Waals surface area contributed by atoms with E-state index in [1.54, 1.807) is 24.4 Å². The highest BCUT2D eigenvalue weighted by atomic mass is 16.2. The molecule has 0 radical (unpaired) electrons. The summed E-state index contributed by atoms with van der Waals surface area (Å²) in [6.07, 6.45) is 2.15. The van der Waals surface area contributed by atoms with Crippen LogP contribution in [0.25, 0.3) is 22.0 Å². The van der Waals surface area contributed by atoms with Crippen LogP contribution < -0.4 is 22.2 Å². The second kappa shape index (κ2) is 6.79. The molecule has 1 aliphatic carbocycles. The summed E-state index contributed by atoms with van der Waals surface area (Å²) >= 11 is 0. The summed E-state index contributed by atoms with van der Waals surface area (Å²) in [6.45, 7) is 0. The first-order valence-corrected chi connectivity index (χ1v) is 8.88. The second-order valence-electron chi connectivity index (χ2n) is 6.86. The van der Waals surface area contributed by atoms with Crippen molar-refractivity contribution in [1.82, 2.24) is 20.2 Å². The molecule has 10 nitrogen and oxygen atoms in total. The molecule has 0 saturated heterocycles. The van der Waals surface area contributed by atoms with E-state index in [2.05, 4.69) is 26.8 Å². The van der Waals surface area contributed by atoms with Crippen LogP contribution >= 0.6 is 0 Å². The third-order valence-electron chi connectivity index (χ3n) is 4.90. The van der Waals surface area contributed by atoms with Crippen LogP contribution in [0.5, 0.6) is 0 Å². The van der Waals surface area contributed by atoms with Gasteiger partial charge in [0.2, 0.25) is 5.91 Å². The minimum atomic E-state index is -0.353. The first kappa shape index (κ1) is 18.2. The quantitative estimate of drug-likeness (QED) is 0.379. The van der Waals surface area contributed by atoms with Gasteiger partial charge in [-0.05, 0) is 36.1 Å². The number of fused-ring (bicyclic) bond motifs is 1. The monoisotopic (exact) mass is 390 g/mol. The fourth-order valence-electron chi connectivity index (χ4n) is 3.20. The SMILES string of the molecule is CNC(=O)c1cc(-c2cc(N)c3cnc(NC(=O)C4CC4C#N)cc3c2)n(N)n1. The summed E-state index contributed by atoms with van der Waals surface area (Å²) in [6, 6.07) is 8.91. The van der Waals surface area contributed by atoms with E-state index < -0.39 is 0 Å². The van der Waals surface area contributed by atoms with Crippen LogP contribution in [-0.4, -0.2) is 33.7 Å². The van der Waals surface area contributed by atoms with Crippen LogP contribution in [-0.2, 0) is 4.79 Å². The number of nitrogens with zero attached hydrogens (tertiary/aromatic N) is 4. The molecule has 1 aliphatic rings. The Labute approximate surface area is 165 Å². The van der Waals surface area contributed by atoms with E-state index in [9.17, 15) is 9.59 Å². The number of carbonyl (C=O) groups excluding carboxylic acids is 2. The standard InChI is InChI=1S/C19H18N8O2/c1-23-19(29)15-6-16(27(22)26-15)10-2-9-5-17(24-8-13(9)14(21)4-10)25-18(28)12-3-11(12)7-20/h2,4-6,8,11-12H,3,21-22H2,1H3,(H,23,29)(H,24,25,28). The molecule has 0 bridgehead atoms. The Morgan fingerprint density at radius 1 is 1.31 bits per heavy atom. The van der Waals surface area contributed by atoms with Gasteiger partial charge >= 0.3 is 0 Å². The smallest absolute Gasteiger partial charge is 0.271 e. The van der Waals surface area contributed by atoms with Crippen molar-refractivity contribution < 1.29 is 9.59 Å². The maximum Gasteiger partial charge on any atom is 0.271 e. The molecule has 10 heteroatoms. The maximum absolute atomic E-state index is 12.2. The Balaban J connectivity index is 1.68. The van der Waals surface area contributed by atoms with E-state index in [4.69, 9.17) is 16.8 Å². The molecule has 29 heavy (non-hydrogen) atoms. The Morgan fingerprint density at radius 3 is 2.79 bits per heavy atom. The largest absolute Gasteiger partial charge is 0.398 e. The average Bonchev–Trinajstić information content (AvgIpc) is 3.41. The first-order chi connectivity index (χ1) is 13.9. The number of anilines is 2. The van der Waals surface area contributed by atoms with E-state index in [0.29, 0.717) is 34.6 Å². The molecule has 4 rings (SSSR count). The second-order valence-corrected chi connectivity index (χ2v) is 6.86. The van der Waals surface area contributed by atoms with Gasteiger partial charge in [0.05, 0.1) is 23.6 Å². The van der Waals surface area contributed by atoms with Crippen molar-refractivity contribution in [2.24, 2.45) is 11.8 Å². The van der Waals surface area contributed by atoms with Gasteiger partial charge < -0.3 is 22.2 Å². The van der Waals surface area contributed by atoms with Crippen LogP contribution in [0.15, 0.2) is 30.5 Å². The van der Waals surface area contributed by atoms with Gasteiger partial charge in [0.1, 0.15) is 5.82 Å². The lowest BCUT2D eigenvalue weighted by atomic mass is 10.0. The fourth-order valence-corrected chi connectivity index (χ4v) is 3.20. The van der Waals surface area contributed by atoms with Crippen molar-refractivity contribution in [2.45, 2.75) is 6.42 Å². The van der Waals surface area contributed by atoms with E-state index >= 15 is 0 Å². The zero-order chi connectivity index (χ0) is 20.7. The molecule has 2 amide bonds. The number of rotatable bonds is 4. The summed E-state index contributed by atoms with van der Waals surface area (Å²) in [5.74, 6) is 5.20. The highest BCUT2D eigenvalue weighted by molar-refractivity contribution is 6.00. The molecule has 2 aromatic heterocycles. The molecule has 2 unspecified atom stereocenters. The number of pyridine rings is 1. The molecule has 0 aliphatic heterocycles. The third kappa shape index (κ3) is 3.29. The zero-order valence-electron chi connectivity index (χ0n) is 15.5. The number of hydrogen-bond donors (Lipinski definition) is 4. The summed E-state index contributed by atoms with van der Waals surface area (Å²) in [5.41, 5.74) is 7.99. The number of nitrogens with two attached hydrogens (primary N) is 2. The van der Waals surface area contributed by atoms with Gasteiger partial charge in [-0.3, -0.25) is 9.59 Å². The van der Waals surface area contributed by atoms with Gasteiger partial charge in [0.25, 0.3) is 5.91 Å². The number of nitrogen functional groups attached to an aromatic ring is 2. The minimum absolute atomic E-state index is 0.183. The molecule has 6 N–H and O–H groups in total. The van der Waals surface area contributed by atoms with Crippen molar-refractivity contribution in [2.75, 3.05) is 23.9 Å². The van der Waals surface area contributed by atoms with Gasteiger partial charge in [-0.2, -0.15) is 10.1 Å². The van der Waals surface area contributed by atoms with Crippen molar-refractivity contribution in [3.8, 4) is 17.3 Å². The molecule has 146 valence electrons. The molecule has 3 aromatic rings. The van der Waals surface area contributed by atoms with Crippen LogP contribution in [0.3, 0.4) is 0 Å². The van der Waals surface area contributed by atoms with Crippen molar-refractivity contribution in [3.63, 3.8) is 0 Å². The van der Waals surface area contributed by atoms with Crippen molar-refractivity contribution in [3.05, 3.63) is 36.2 Å². The van der Waals surface area contributed by atoms with Gasteiger partial charge in [-0.25, -0.2) is 4.98 Å². The molecule has 2 heterocycles. The molecule has 1 saturated carbocycles. The normalized spacial score (nSPS) is 17.5. The maximum atomic E-state index is 12.2. The fraction of sp³-hybridized carbons (Fsp3) is 0.211. The molecular weight excluding hydrogens is 372 g/mol. The topological polar surface area (TPSA) is 165 Å². The highest BCUT2D eigenvalue weighted by Crippen LogP contribution is 2.38. The Kier molecular flexibility index (Phi) is 4.27. The Hall–Kier alpha value is -4.13. The van der Waals surface area contributed by atoms with E-state index in [1.165, 1.54) is 7.05 Å². The lowest BCUT2D eigenvalue weighted by Gasteiger charge is -2.09. The summed E-state index contributed by atoms with van der Waals surface area (Å²) in [7, 11) is 1.51. The Bertz CT molecular complexity index is 1190. The molecule has 2 atom stereocenters. The summed E-state index contributed by atoms with van der Waals surface area (Å²) in [4.78, 5) is 29.3. The summed E-state index contributed by atoms with van der Waals surface area (Å²) < 4.78 is 0. The first-order valence-electron chi connectivity index (χ1n) is 8.88. The Morgan fingerprint density at radius 2 is 2.10 bits per heavy atom. The summed E-state index contributed by atoms with van der Waals surface area (Å²) in [5, 5.41) is 19.6. The lowest BCUT2D eigenvalue weighted by Crippen LogP contribution is -2.19. The van der Waals surface area contributed by atoms with Gasteiger partial charge in [-0.15, -0.1) is 5.10 Å². The number of nitriles is 1. The van der Waals surface area contributed by atoms with Gasteiger partial charge in [-0.1, -0.05) is 0 Å². The van der Waals surface area contributed by atoms with E-state index in [1.807, 2.05) is 6.07 Å². The molecule has 1 aromatic carbocycles. The van der Waals surface area contributed by atoms with Gasteiger partial charge in [0.15, 0.2) is 5.69 Å². The number of benzene rings is 1. The molecular formula is C19H18N8O2. The number of nitrogens with one attached hydrogen (secondary N) is 2. The van der Waals surface area contributed by atoms with Gasteiger partial charge in [0, 0.05) is 29.9 Å². The van der Waals surface area contributed by atoms with Crippen molar-refractivity contribution >= 4 is 34.1 Å². The minimum Gasteiger partial charge on any atom is -0.398 e. The number of carbonyl (C=O) groups is 2. The van der Waals surface area contributed by atoms with E-state index in [0.717, 1.165) is 10.2 Å². The predicted molar refractivity (Wildman–Crippen MR) is 107 cm³/mol. The predicted octanol–water partition coefficient (Wildman–Crippen LogP) is 0.852. The lowest BCUT2D eigenvalue weighted by molar-refractivity contribution is -0.117. The molecule has 0 spiro atoms. The van der Waals surface area contributed by atoms with Crippen LogP contribution in [0.1, 0.15) is 16.9 Å². The third-order valence-corrected chi connectivity index (χ3v) is 4.90. The average molecular weight is 390 g/mol. The number of aromatic nitrogens is 3. The number of amides is 2. The van der Waals surface area contributed by atoms with Crippen LogP contribution in [0, 0.1) is 23.2 Å². The van der Waals surface area contributed by atoms with Crippen molar-refractivity contribution in [1.29, 1.82) is 5.26 Å². The molecule has 1 fully saturated rings. The highest BCUT2D eigenvalue weighted by Gasteiger charge is 2.43. The zero-order valence-corrected chi connectivity index (χ0v) is 15.5. The van der Waals surface area contributed by atoms with E-state index in [-0.39, 0.29) is 29.3 Å².